The zero-order valence-electron chi connectivity index (χ0n) is 33.6. The highest BCUT2D eigenvalue weighted by atomic mass is 31.2. The first kappa shape index (κ1) is 49.5. The maximum absolute atomic E-state index is 12.6. The van der Waals surface area contributed by atoms with Gasteiger partial charge in [-0.2, -0.15) is 0 Å². The molecule has 2 atom stereocenters. The summed E-state index contributed by atoms with van der Waals surface area (Å²) in [7, 11) is 1.16. The van der Waals surface area contributed by atoms with Gasteiger partial charge in [0.1, 0.15) is 19.8 Å². The summed E-state index contributed by atoms with van der Waals surface area (Å²) in [4.78, 5) is 37.2. The number of hydrogen-bond donors (Lipinski definition) is 0. The van der Waals surface area contributed by atoms with Crippen molar-refractivity contribution in [1.82, 2.24) is 0 Å². The lowest BCUT2D eigenvalue weighted by atomic mass is 10.1. The van der Waals surface area contributed by atoms with Crippen LogP contribution in [0.2, 0.25) is 0 Å². The minimum absolute atomic E-state index is 0.0305. The average Bonchev–Trinajstić information content (AvgIpc) is 3.07. The van der Waals surface area contributed by atoms with Gasteiger partial charge >= 0.3 is 11.9 Å². The van der Waals surface area contributed by atoms with Crippen LogP contribution in [-0.2, 0) is 32.7 Å². The molecule has 9 nitrogen and oxygen atoms in total. The van der Waals surface area contributed by atoms with Crippen LogP contribution in [-0.4, -0.2) is 70.0 Å². The van der Waals surface area contributed by atoms with Gasteiger partial charge in [0.05, 0.1) is 27.7 Å². The van der Waals surface area contributed by atoms with E-state index >= 15 is 0 Å². The van der Waals surface area contributed by atoms with Crippen molar-refractivity contribution in [2.45, 2.75) is 180 Å². The van der Waals surface area contributed by atoms with E-state index in [4.69, 9.17) is 18.5 Å². The van der Waals surface area contributed by atoms with Crippen LogP contribution in [0, 0.1) is 0 Å². The Balaban J connectivity index is 4.21. The standard InChI is InChI=1S/C41H78NO8P/c1-6-8-10-12-14-15-16-17-18-19-20-21-22-23-24-25-26-27-28-30-32-34-41(44)50-39(37-47-40(43)33-31-29-13-11-9-7-2)38-49-51(45,46)48-36-35-42(3,4)5/h16-17,19-20,39H,6-15,18,21-38H2,1-5H3/b17-16-,20-19-. The van der Waals surface area contributed by atoms with Gasteiger partial charge in [-0.1, -0.05) is 141 Å². The van der Waals surface area contributed by atoms with E-state index in [9.17, 15) is 19.0 Å². The fourth-order valence-electron chi connectivity index (χ4n) is 5.45. The van der Waals surface area contributed by atoms with Gasteiger partial charge < -0.3 is 27.9 Å². The van der Waals surface area contributed by atoms with E-state index in [1.54, 1.807) is 0 Å². The van der Waals surface area contributed by atoms with Gasteiger partial charge in [-0.25, -0.2) is 0 Å². The fourth-order valence-corrected chi connectivity index (χ4v) is 6.18. The molecular weight excluding hydrogens is 665 g/mol. The molecule has 0 aliphatic heterocycles. The zero-order valence-corrected chi connectivity index (χ0v) is 34.4. The molecule has 0 spiro atoms. The third-order valence-electron chi connectivity index (χ3n) is 8.72. The Labute approximate surface area is 313 Å². The molecule has 300 valence electrons. The summed E-state index contributed by atoms with van der Waals surface area (Å²) in [5, 5.41) is 0. The molecule has 0 saturated carbocycles. The van der Waals surface area contributed by atoms with Crippen molar-refractivity contribution in [2.75, 3.05) is 47.5 Å². The molecule has 0 fully saturated rings. The molecule has 0 bridgehead atoms. The minimum Gasteiger partial charge on any atom is -0.756 e. The van der Waals surface area contributed by atoms with E-state index in [1.165, 1.54) is 77.0 Å². The molecule has 2 unspecified atom stereocenters. The lowest BCUT2D eigenvalue weighted by Crippen LogP contribution is -2.37. The first-order valence-corrected chi connectivity index (χ1v) is 22.0. The number of hydrogen-bond acceptors (Lipinski definition) is 8. The lowest BCUT2D eigenvalue weighted by Gasteiger charge is -2.28. The Bertz CT molecular complexity index is 933. The van der Waals surface area contributed by atoms with E-state index in [1.807, 2.05) is 21.1 Å². The van der Waals surface area contributed by atoms with Crippen LogP contribution < -0.4 is 4.89 Å². The van der Waals surface area contributed by atoms with Gasteiger partial charge in [-0.05, 0) is 44.9 Å². The normalized spacial score (nSPS) is 13.9. The Morgan fingerprint density at radius 3 is 1.55 bits per heavy atom. The first-order chi connectivity index (χ1) is 24.5. The Morgan fingerprint density at radius 2 is 1.06 bits per heavy atom. The summed E-state index contributed by atoms with van der Waals surface area (Å²) in [6, 6.07) is 0. The predicted molar refractivity (Wildman–Crippen MR) is 208 cm³/mol. The van der Waals surface area contributed by atoms with Crippen molar-refractivity contribution < 1.29 is 42.1 Å². The molecule has 0 amide bonds. The van der Waals surface area contributed by atoms with Crippen LogP contribution in [0.1, 0.15) is 174 Å². The smallest absolute Gasteiger partial charge is 0.306 e. The molecule has 0 N–H and O–H groups in total. The Morgan fingerprint density at radius 1 is 0.608 bits per heavy atom. The third kappa shape index (κ3) is 38.0. The van der Waals surface area contributed by atoms with Crippen molar-refractivity contribution >= 4 is 19.8 Å². The van der Waals surface area contributed by atoms with Crippen LogP contribution >= 0.6 is 7.82 Å². The number of carbonyl (C=O) groups excluding carboxylic acids is 2. The second-order valence-electron chi connectivity index (χ2n) is 15.0. The van der Waals surface area contributed by atoms with Crippen molar-refractivity contribution in [2.24, 2.45) is 0 Å². The summed E-state index contributed by atoms with van der Waals surface area (Å²) in [5.74, 6) is -0.847. The average molecular weight is 744 g/mol. The molecule has 0 aliphatic rings. The maximum atomic E-state index is 12.6. The van der Waals surface area contributed by atoms with Gasteiger partial charge in [-0.3, -0.25) is 14.2 Å². The van der Waals surface area contributed by atoms with Gasteiger partial charge in [0.25, 0.3) is 7.82 Å². The van der Waals surface area contributed by atoms with Crippen molar-refractivity contribution in [3.8, 4) is 0 Å². The number of phosphoric acid groups is 1. The van der Waals surface area contributed by atoms with Gasteiger partial charge in [0.2, 0.25) is 0 Å². The van der Waals surface area contributed by atoms with Gasteiger partial charge in [-0.15, -0.1) is 0 Å². The monoisotopic (exact) mass is 744 g/mol. The van der Waals surface area contributed by atoms with E-state index < -0.39 is 32.5 Å². The molecule has 51 heavy (non-hydrogen) atoms. The maximum Gasteiger partial charge on any atom is 0.306 e. The van der Waals surface area contributed by atoms with Crippen LogP contribution in [0.3, 0.4) is 0 Å². The van der Waals surface area contributed by atoms with Gasteiger partial charge in [0.15, 0.2) is 6.10 Å². The molecule has 10 heteroatoms. The summed E-state index contributed by atoms with van der Waals surface area (Å²) in [6.45, 7) is 4.14. The number of nitrogens with zero attached hydrogens (tertiary/aromatic N) is 1. The van der Waals surface area contributed by atoms with Crippen LogP contribution in [0.4, 0.5) is 0 Å². The number of phosphoric ester groups is 1. The number of ether oxygens (including phenoxy) is 2. The molecule has 0 aliphatic carbocycles. The van der Waals surface area contributed by atoms with Crippen LogP contribution in [0.15, 0.2) is 24.3 Å². The van der Waals surface area contributed by atoms with Crippen molar-refractivity contribution in [1.29, 1.82) is 0 Å². The summed E-state index contributed by atoms with van der Waals surface area (Å²) in [6.07, 6.45) is 35.2. The van der Waals surface area contributed by atoms with Crippen LogP contribution in [0.25, 0.3) is 0 Å². The fraction of sp³-hybridized carbons (Fsp3) is 0.854. The topological polar surface area (TPSA) is 111 Å². The zero-order chi connectivity index (χ0) is 37.9. The second-order valence-corrected chi connectivity index (χ2v) is 16.4. The van der Waals surface area contributed by atoms with Crippen LogP contribution in [0.5, 0.6) is 0 Å². The summed E-state index contributed by atoms with van der Waals surface area (Å²) in [5.41, 5.74) is 0. The van der Waals surface area contributed by atoms with E-state index in [0.717, 1.165) is 64.2 Å². The quantitative estimate of drug-likeness (QED) is 0.0203. The molecule has 0 aromatic heterocycles. The first-order valence-electron chi connectivity index (χ1n) is 20.5. The highest BCUT2D eigenvalue weighted by Gasteiger charge is 2.21. The second kappa shape index (κ2) is 34.3. The molecule has 0 aromatic carbocycles. The molecule has 0 saturated heterocycles. The molecule has 0 radical (unpaired) electrons. The van der Waals surface area contributed by atoms with Gasteiger partial charge in [0, 0.05) is 12.8 Å². The number of allylic oxidation sites excluding steroid dienone is 4. The molecular formula is C41H78NO8P. The highest BCUT2D eigenvalue weighted by Crippen LogP contribution is 2.38. The van der Waals surface area contributed by atoms with E-state index in [-0.39, 0.29) is 26.1 Å². The number of quaternary nitrogens is 1. The summed E-state index contributed by atoms with van der Waals surface area (Å²) < 4.78 is 33.6. The highest BCUT2D eigenvalue weighted by molar-refractivity contribution is 7.45. The van der Waals surface area contributed by atoms with E-state index in [2.05, 4.69) is 38.2 Å². The largest absolute Gasteiger partial charge is 0.756 e. The number of likely N-dealkylation sites (N-methyl/N-ethyl adjacent to an activating group) is 1. The number of esters is 2. The Kier molecular flexibility index (Phi) is 33.3. The molecule has 0 rings (SSSR count). The molecule has 0 heterocycles. The lowest BCUT2D eigenvalue weighted by molar-refractivity contribution is -0.870. The van der Waals surface area contributed by atoms with Crippen molar-refractivity contribution in [3.63, 3.8) is 0 Å². The molecule has 0 aromatic rings. The van der Waals surface area contributed by atoms with Crippen molar-refractivity contribution in [3.05, 3.63) is 24.3 Å². The minimum atomic E-state index is -4.61. The third-order valence-corrected chi connectivity index (χ3v) is 9.69. The number of carbonyl (C=O) groups is 2. The SMILES string of the molecule is CCCCCCC/C=C\C/C=C\CCCCCCCCCCCC(=O)OC(COC(=O)CCCCCCCC)COP(=O)([O-])OCC[N+](C)(C)C. The Hall–Kier alpha value is -1.51. The predicted octanol–water partition coefficient (Wildman–Crippen LogP) is 10.6. The van der Waals surface area contributed by atoms with E-state index in [0.29, 0.717) is 17.4 Å². The number of unbranched alkanes of at least 4 members (excludes halogenated alkanes) is 19. The summed E-state index contributed by atoms with van der Waals surface area (Å²) >= 11 is 0. The number of rotatable bonds is 37.